The number of para-hydroxylation sites is 1. The number of amides is 2. The Balaban J connectivity index is 1.28. The quantitative estimate of drug-likeness (QED) is 0.225. The zero-order valence-corrected chi connectivity index (χ0v) is 33.1. The minimum absolute atomic E-state index is 0.0132. The Morgan fingerprint density at radius 3 is 2.34 bits per heavy atom. The molecule has 0 radical (unpaired) electrons. The first-order valence-corrected chi connectivity index (χ1v) is 19.9. The normalized spacial score (nSPS) is 18.4. The first kappa shape index (κ1) is 39.9. The van der Waals surface area contributed by atoms with E-state index in [4.69, 9.17) is 14.3 Å². The molecule has 2 aliphatic heterocycles. The minimum Gasteiger partial charge on any atom is -0.492 e. The maximum absolute atomic E-state index is 13.8. The molecule has 0 aliphatic carbocycles. The van der Waals surface area contributed by atoms with Gasteiger partial charge in [0.2, 0.25) is 15.9 Å². The number of ether oxygens (including phenoxy) is 2. The number of nitrogens with zero attached hydrogens (tertiary/aromatic N) is 3. The number of nitrogens with one attached hydrogen (secondary N) is 3. The molecule has 2 amide bonds. The van der Waals surface area contributed by atoms with Gasteiger partial charge >= 0.3 is 6.16 Å². The molecule has 2 saturated heterocycles. The zero-order chi connectivity index (χ0) is 38.9. The van der Waals surface area contributed by atoms with E-state index in [9.17, 15) is 22.8 Å². The summed E-state index contributed by atoms with van der Waals surface area (Å²) in [6, 6.07) is 11.3. The highest BCUT2D eigenvalue weighted by Gasteiger charge is 2.35. The average molecular weight is 755 g/mol. The van der Waals surface area contributed by atoms with E-state index in [0.29, 0.717) is 50.5 Å². The first-order valence-electron chi connectivity index (χ1n) is 18.0. The standard InChI is InChI=1S/C38H54N6O8S/c1-24(42-15-11-16-43(19-18-42)35(46)26-14-17-44(23-26)52-36(47)51-38(5,6)7)28-13-10-12-25-20-31(39-32(25)28)34(45)40-29-21-27(37(2,3)4)22-30(33(29)50-8)41-53(9,48)49/h10,12-13,20-22,24,26,39,41H,11,14-19,23H2,1-9H3,(H,40,45)/t24-,26?/m0/s1. The molecule has 15 heteroatoms. The van der Waals surface area contributed by atoms with Crippen LogP contribution in [0.1, 0.15) is 89.0 Å². The van der Waals surface area contributed by atoms with Crippen molar-refractivity contribution in [3.8, 4) is 5.75 Å². The molecule has 3 heterocycles. The van der Waals surface area contributed by atoms with Crippen molar-refractivity contribution in [2.75, 3.05) is 62.7 Å². The molecule has 2 aliphatic rings. The number of carbonyl (C=O) groups excluding carboxylic acids is 3. The van der Waals surface area contributed by atoms with E-state index in [1.807, 2.05) is 37.8 Å². The molecule has 2 aromatic carbocycles. The number of rotatable bonds is 9. The van der Waals surface area contributed by atoms with Crippen molar-refractivity contribution in [3.05, 3.63) is 53.2 Å². The lowest BCUT2D eigenvalue weighted by molar-refractivity contribution is -0.143. The van der Waals surface area contributed by atoms with Gasteiger partial charge in [0.05, 0.1) is 36.2 Å². The van der Waals surface area contributed by atoms with Crippen LogP contribution in [0.3, 0.4) is 0 Å². The molecule has 14 nitrogen and oxygen atoms in total. The van der Waals surface area contributed by atoms with Gasteiger partial charge in [-0.05, 0) is 75.3 Å². The lowest BCUT2D eigenvalue weighted by Crippen LogP contribution is -2.40. The second-order valence-corrected chi connectivity index (χ2v) is 17.7. The SMILES string of the molecule is COc1c(NC(=O)c2cc3cccc([C@H](C)N4CCCN(C(=O)C5CCN(OC(=O)OC(C)(C)C)C5)CC4)c3[nH]2)cc(C(C)(C)C)cc1NS(C)(=O)=O. The smallest absolute Gasteiger partial charge is 0.492 e. The van der Waals surface area contributed by atoms with Crippen molar-refractivity contribution >= 4 is 50.3 Å². The summed E-state index contributed by atoms with van der Waals surface area (Å²) < 4.78 is 37.7. The van der Waals surface area contributed by atoms with Gasteiger partial charge in [0.25, 0.3) is 5.91 Å². The largest absolute Gasteiger partial charge is 0.528 e. The fraction of sp³-hybridized carbons (Fsp3) is 0.553. The number of carbonyl (C=O) groups is 3. The Hall–Kier alpha value is -4.34. The summed E-state index contributed by atoms with van der Waals surface area (Å²) in [7, 11) is -2.20. The molecular formula is C38H54N6O8S. The molecule has 0 spiro atoms. The van der Waals surface area contributed by atoms with Crippen molar-refractivity contribution in [3.63, 3.8) is 0 Å². The van der Waals surface area contributed by atoms with Crippen LogP contribution in [0.25, 0.3) is 10.9 Å². The second kappa shape index (κ2) is 15.6. The average Bonchev–Trinajstić information content (AvgIpc) is 3.62. The number of hydroxylamine groups is 2. The van der Waals surface area contributed by atoms with Gasteiger partial charge in [-0.2, -0.15) is 0 Å². The maximum Gasteiger partial charge on any atom is 0.528 e. The molecule has 2 atom stereocenters. The van der Waals surface area contributed by atoms with Crippen molar-refractivity contribution in [2.24, 2.45) is 5.92 Å². The van der Waals surface area contributed by atoms with Crippen LogP contribution in [0.2, 0.25) is 0 Å². The molecule has 3 aromatic rings. The number of H-pyrrole nitrogens is 1. The first-order chi connectivity index (χ1) is 24.7. The molecule has 3 N–H and O–H groups in total. The van der Waals surface area contributed by atoms with Crippen LogP contribution < -0.4 is 14.8 Å². The van der Waals surface area contributed by atoms with Crippen molar-refractivity contribution < 1.29 is 37.1 Å². The Labute approximate surface area is 312 Å². The van der Waals surface area contributed by atoms with E-state index in [0.717, 1.165) is 41.3 Å². The van der Waals surface area contributed by atoms with Crippen LogP contribution >= 0.6 is 0 Å². The summed E-state index contributed by atoms with van der Waals surface area (Å²) in [6.45, 7) is 17.0. The molecule has 0 bridgehead atoms. The van der Waals surface area contributed by atoms with E-state index in [-0.39, 0.29) is 34.7 Å². The van der Waals surface area contributed by atoms with Gasteiger partial charge in [-0.15, -0.1) is 5.06 Å². The fourth-order valence-electron chi connectivity index (χ4n) is 6.88. The number of sulfonamides is 1. The van der Waals surface area contributed by atoms with Crippen molar-refractivity contribution in [1.82, 2.24) is 19.8 Å². The summed E-state index contributed by atoms with van der Waals surface area (Å²) >= 11 is 0. The van der Waals surface area contributed by atoms with Gasteiger partial charge in [0.15, 0.2) is 5.75 Å². The van der Waals surface area contributed by atoms with Gasteiger partial charge in [-0.25, -0.2) is 13.2 Å². The summed E-state index contributed by atoms with van der Waals surface area (Å²) in [5.74, 6) is -0.381. The Morgan fingerprint density at radius 1 is 0.962 bits per heavy atom. The van der Waals surface area contributed by atoms with Gasteiger partial charge in [0.1, 0.15) is 11.3 Å². The third-order valence-electron chi connectivity index (χ3n) is 9.57. The Kier molecular flexibility index (Phi) is 11.7. The number of aromatic nitrogens is 1. The highest BCUT2D eigenvalue weighted by Crippen LogP contribution is 2.39. The number of anilines is 2. The summed E-state index contributed by atoms with van der Waals surface area (Å²) in [5, 5.41) is 5.34. The van der Waals surface area contributed by atoms with E-state index < -0.39 is 27.7 Å². The van der Waals surface area contributed by atoms with Crippen molar-refractivity contribution in [1.29, 1.82) is 0 Å². The lowest BCUT2D eigenvalue weighted by atomic mass is 9.86. The third kappa shape index (κ3) is 10.0. The molecule has 5 rings (SSSR count). The van der Waals surface area contributed by atoms with Crippen molar-refractivity contribution in [2.45, 2.75) is 78.4 Å². The second-order valence-electron chi connectivity index (χ2n) is 16.0. The summed E-state index contributed by atoms with van der Waals surface area (Å²) in [5.41, 5.74) is 2.59. The Morgan fingerprint density at radius 2 is 1.68 bits per heavy atom. The molecule has 290 valence electrons. The van der Waals surface area contributed by atoms with E-state index in [1.165, 1.54) is 12.2 Å². The summed E-state index contributed by atoms with van der Waals surface area (Å²) in [6.07, 6.45) is 1.71. The molecule has 0 saturated carbocycles. The highest BCUT2D eigenvalue weighted by molar-refractivity contribution is 7.92. The molecule has 2 fully saturated rings. The number of methoxy groups -OCH3 is 1. The van der Waals surface area contributed by atoms with Crippen LogP contribution in [0.5, 0.6) is 5.75 Å². The zero-order valence-electron chi connectivity index (χ0n) is 32.3. The monoisotopic (exact) mass is 754 g/mol. The number of fused-ring (bicyclic) bond motifs is 1. The highest BCUT2D eigenvalue weighted by atomic mass is 32.2. The van der Waals surface area contributed by atoms with Crippen LogP contribution in [-0.4, -0.2) is 104 Å². The fourth-order valence-corrected chi connectivity index (χ4v) is 7.43. The van der Waals surface area contributed by atoms with Crippen LogP contribution in [-0.2, 0) is 29.8 Å². The van der Waals surface area contributed by atoms with E-state index in [1.54, 1.807) is 39.0 Å². The predicted octanol–water partition coefficient (Wildman–Crippen LogP) is 5.88. The molecular weight excluding hydrogens is 701 g/mol. The van der Waals surface area contributed by atoms with Gasteiger partial charge in [-0.1, -0.05) is 39.0 Å². The third-order valence-corrected chi connectivity index (χ3v) is 10.2. The lowest BCUT2D eigenvalue weighted by Gasteiger charge is -2.29. The number of hydrogen-bond acceptors (Lipinski definition) is 10. The molecule has 53 heavy (non-hydrogen) atoms. The maximum atomic E-state index is 13.8. The van der Waals surface area contributed by atoms with Gasteiger partial charge in [-0.3, -0.25) is 19.2 Å². The molecule has 1 aromatic heterocycles. The molecule has 1 unspecified atom stereocenters. The van der Waals surface area contributed by atoms with E-state index >= 15 is 0 Å². The van der Waals surface area contributed by atoms with Gasteiger partial charge < -0.3 is 29.5 Å². The number of hydrogen-bond donors (Lipinski definition) is 3. The Bertz CT molecular complexity index is 1950. The number of benzene rings is 2. The van der Waals surface area contributed by atoms with Crippen LogP contribution in [0, 0.1) is 5.92 Å². The van der Waals surface area contributed by atoms with E-state index in [2.05, 4.69) is 32.9 Å². The summed E-state index contributed by atoms with van der Waals surface area (Å²) in [4.78, 5) is 52.4. The minimum atomic E-state index is -3.63. The van der Waals surface area contributed by atoms with Gasteiger partial charge in [0, 0.05) is 50.7 Å². The predicted molar refractivity (Wildman–Crippen MR) is 205 cm³/mol. The topological polar surface area (TPSA) is 163 Å². The van der Waals surface area contributed by atoms with Crippen LogP contribution in [0.15, 0.2) is 36.4 Å². The number of aromatic amines is 1. The van der Waals surface area contributed by atoms with Crippen LogP contribution in [0.4, 0.5) is 16.2 Å².